The van der Waals surface area contributed by atoms with Crippen LogP contribution in [-0.2, 0) is 25.5 Å². The van der Waals surface area contributed by atoms with Crippen LogP contribution in [0.5, 0.6) is 0 Å². The molecule has 2 aromatic heterocycles. The van der Waals surface area contributed by atoms with E-state index in [-0.39, 0.29) is 24.9 Å². The van der Waals surface area contributed by atoms with E-state index in [1.165, 1.54) is 11.8 Å². The van der Waals surface area contributed by atoms with E-state index in [2.05, 4.69) is 15.3 Å². The largest absolute Gasteiger partial charge is 0.461 e. The van der Waals surface area contributed by atoms with Crippen molar-refractivity contribution in [1.29, 1.82) is 5.41 Å². The van der Waals surface area contributed by atoms with Crippen LogP contribution in [0.4, 0.5) is 0 Å². The van der Waals surface area contributed by atoms with Gasteiger partial charge in [0.15, 0.2) is 5.78 Å². The highest BCUT2D eigenvalue weighted by molar-refractivity contribution is 8.00. The van der Waals surface area contributed by atoms with Gasteiger partial charge in [-0.1, -0.05) is 6.92 Å². The molecule has 0 saturated heterocycles. The van der Waals surface area contributed by atoms with Crippen LogP contribution in [0.3, 0.4) is 0 Å². The van der Waals surface area contributed by atoms with Crippen LogP contribution in [0.15, 0.2) is 24.5 Å². The monoisotopic (exact) mass is 432 g/mol. The SMILES string of the molecule is CCS[C@@H](Cc1c[nH]c2cccnc12)C(=O)N[C@@H](CCC(=O)C=N)C(=O)OC(C)C. The number of carbonyl (C=O) groups excluding carboxylic acids is 3. The minimum atomic E-state index is -0.940. The average molecular weight is 433 g/mol. The number of nitrogens with zero attached hydrogens (tertiary/aromatic N) is 1. The molecular formula is C21H28N4O4S. The van der Waals surface area contributed by atoms with E-state index in [1.54, 1.807) is 20.0 Å². The first-order valence-electron chi connectivity index (χ1n) is 9.92. The highest BCUT2D eigenvalue weighted by Gasteiger charge is 2.28. The van der Waals surface area contributed by atoms with Crippen molar-refractivity contribution in [2.24, 2.45) is 0 Å². The fourth-order valence-corrected chi connectivity index (χ4v) is 3.90. The predicted octanol–water partition coefficient (Wildman–Crippen LogP) is 2.66. The fourth-order valence-electron chi connectivity index (χ4n) is 2.98. The van der Waals surface area contributed by atoms with Crippen molar-refractivity contribution in [3.63, 3.8) is 0 Å². The third-order valence-electron chi connectivity index (χ3n) is 4.37. The van der Waals surface area contributed by atoms with E-state index < -0.39 is 23.0 Å². The number of aromatic amines is 1. The molecule has 0 aliphatic carbocycles. The number of H-pyrrole nitrogens is 1. The van der Waals surface area contributed by atoms with E-state index in [0.717, 1.165) is 22.3 Å². The molecular weight excluding hydrogens is 404 g/mol. The number of esters is 1. The van der Waals surface area contributed by atoms with Gasteiger partial charge in [0.25, 0.3) is 0 Å². The van der Waals surface area contributed by atoms with Crippen molar-refractivity contribution in [2.75, 3.05) is 5.75 Å². The van der Waals surface area contributed by atoms with E-state index in [4.69, 9.17) is 10.1 Å². The summed E-state index contributed by atoms with van der Waals surface area (Å²) in [7, 11) is 0. The first kappa shape index (κ1) is 23.6. The minimum absolute atomic E-state index is 0.0143. The molecule has 162 valence electrons. The second-order valence-electron chi connectivity index (χ2n) is 7.06. The first-order valence-corrected chi connectivity index (χ1v) is 11.0. The van der Waals surface area contributed by atoms with Gasteiger partial charge in [0, 0.05) is 18.8 Å². The summed E-state index contributed by atoms with van der Waals surface area (Å²) < 4.78 is 5.24. The van der Waals surface area contributed by atoms with Crippen LogP contribution >= 0.6 is 11.8 Å². The second kappa shape index (κ2) is 11.5. The van der Waals surface area contributed by atoms with Crippen LogP contribution in [0.1, 0.15) is 39.2 Å². The molecule has 0 radical (unpaired) electrons. The van der Waals surface area contributed by atoms with E-state index >= 15 is 0 Å². The number of aromatic nitrogens is 2. The van der Waals surface area contributed by atoms with Gasteiger partial charge < -0.3 is 20.4 Å². The van der Waals surface area contributed by atoms with Gasteiger partial charge in [0.05, 0.1) is 28.6 Å². The lowest BCUT2D eigenvalue weighted by Gasteiger charge is -2.22. The predicted molar refractivity (Wildman–Crippen MR) is 118 cm³/mol. The number of carbonyl (C=O) groups is 3. The standard InChI is InChI=1S/C21H28N4O4S/c1-4-30-18(10-14-12-24-16-6-5-9-23-19(14)16)20(27)25-17(8-7-15(26)11-22)21(28)29-13(2)3/h5-6,9,11-13,17-18,22,24H,4,7-8,10H2,1-3H3,(H,25,27)/t17-,18-/m0/s1. The zero-order chi connectivity index (χ0) is 22.1. The molecule has 9 heteroatoms. The Bertz CT molecular complexity index is 896. The quantitative estimate of drug-likeness (QED) is 0.350. The van der Waals surface area contributed by atoms with Crippen molar-refractivity contribution >= 4 is 46.7 Å². The van der Waals surface area contributed by atoms with Crippen molar-refractivity contribution in [3.8, 4) is 0 Å². The number of hydrogen-bond donors (Lipinski definition) is 3. The topological polar surface area (TPSA) is 125 Å². The van der Waals surface area contributed by atoms with Gasteiger partial charge in [-0.2, -0.15) is 0 Å². The number of hydrogen-bond acceptors (Lipinski definition) is 7. The molecule has 0 bridgehead atoms. The normalized spacial score (nSPS) is 13.1. The molecule has 0 fully saturated rings. The molecule has 2 heterocycles. The number of rotatable bonds is 12. The number of nitrogens with one attached hydrogen (secondary N) is 3. The Morgan fingerprint density at radius 3 is 2.80 bits per heavy atom. The van der Waals surface area contributed by atoms with Gasteiger partial charge in [-0.25, -0.2) is 4.79 Å². The highest BCUT2D eigenvalue weighted by Crippen LogP contribution is 2.22. The Balaban J connectivity index is 2.14. The van der Waals surface area contributed by atoms with Gasteiger partial charge in [-0.3, -0.25) is 14.6 Å². The third-order valence-corrected chi connectivity index (χ3v) is 5.49. The third kappa shape index (κ3) is 6.69. The summed E-state index contributed by atoms with van der Waals surface area (Å²) >= 11 is 1.48. The number of ketones is 1. The molecule has 0 aliphatic heterocycles. The number of pyridine rings is 1. The molecule has 1 amide bonds. The number of ether oxygens (including phenoxy) is 1. The van der Waals surface area contributed by atoms with Crippen LogP contribution in [0.25, 0.3) is 11.0 Å². The van der Waals surface area contributed by atoms with Crippen LogP contribution in [-0.4, -0.2) is 57.0 Å². The van der Waals surface area contributed by atoms with Gasteiger partial charge in [-0.15, -0.1) is 11.8 Å². The molecule has 2 atom stereocenters. The van der Waals surface area contributed by atoms with Gasteiger partial charge in [-0.05, 0) is 50.1 Å². The van der Waals surface area contributed by atoms with Gasteiger partial charge >= 0.3 is 5.97 Å². The smallest absolute Gasteiger partial charge is 0.328 e. The van der Waals surface area contributed by atoms with Gasteiger partial charge in [0.1, 0.15) is 6.04 Å². The van der Waals surface area contributed by atoms with Gasteiger partial charge in [0.2, 0.25) is 5.91 Å². The summed E-state index contributed by atoms with van der Waals surface area (Å²) in [6, 6.07) is 2.82. The fraction of sp³-hybridized carbons (Fsp3) is 0.476. The summed E-state index contributed by atoms with van der Waals surface area (Å²) in [5, 5.41) is 9.35. The molecule has 0 unspecified atom stereocenters. The molecule has 2 aromatic rings. The Labute approximate surface area is 180 Å². The summed E-state index contributed by atoms with van der Waals surface area (Å²) in [5.74, 6) is -0.553. The van der Waals surface area contributed by atoms with Crippen molar-refractivity contribution in [1.82, 2.24) is 15.3 Å². The van der Waals surface area contributed by atoms with E-state index in [9.17, 15) is 14.4 Å². The highest BCUT2D eigenvalue weighted by atomic mass is 32.2. The average Bonchev–Trinajstić information content (AvgIpc) is 3.12. The number of amides is 1. The van der Waals surface area contributed by atoms with Crippen LogP contribution in [0, 0.1) is 5.41 Å². The lowest BCUT2D eigenvalue weighted by atomic mass is 10.1. The van der Waals surface area contributed by atoms with Crippen molar-refractivity contribution in [3.05, 3.63) is 30.1 Å². The maximum atomic E-state index is 13.0. The zero-order valence-corrected chi connectivity index (χ0v) is 18.3. The first-order chi connectivity index (χ1) is 14.3. The molecule has 3 N–H and O–H groups in total. The Hall–Kier alpha value is -2.68. The van der Waals surface area contributed by atoms with Crippen LogP contribution in [0.2, 0.25) is 0 Å². The maximum Gasteiger partial charge on any atom is 0.328 e. The Morgan fingerprint density at radius 1 is 1.37 bits per heavy atom. The number of fused-ring (bicyclic) bond motifs is 1. The molecule has 0 saturated carbocycles. The Kier molecular flexibility index (Phi) is 9.04. The second-order valence-corrected chi connectivity index (χ2v) is 8.54. The Morgan fingerprint density at radius 2 is 2.13 bits per heavy atom. The molecule has 0 aliphatic rings. The molecule has 0 aromatic carbocycles. The number of thioether (sulfide) groups is 1. The number of Topliss-reactive ketones (excluding diaryl/α,β-unsaturated/α-hetero) is 1. The summed E-state index contributed by atoms with van der Waals surface area (Å²) in [5.41, 5.74) is 2.64. The summed E-state index contributed by atoms with van der Waals surface area (Å²) in [6.45, 7) is 5.41. The van der Waals surface area contributed by atoms with Crippen molar-refractivity contribution < 1.29 is 19.1 Å². The summed E-state index contributed by atoms with van der Waals surface area (Å²) in [4.78, 5) is 44.5. The zero-order valence-electron chi connectivity index (χ0n) is 17.4. The lowest BCUT2D eigenvalue weighted by Crippen LogP contribution is -2.46. The molecule has 0 spiro atoms. The van der Waals surface area contributed by atoms with E-state index in [0.29, 0.717) is 12.6 Å². The van der Waals surface area contributed by atoms with E-state index in [1.807, 2.05) is 25.3 Å². The maximum absolute atomic E-state index is 13.0. The molecule has 8 nitrogen and oxygen atoms in total. The van der Waals surface area contributed by atoms with Crippen LogP contribution < -0.4 is 5.32 Å². The minimum Gasteiger partial charge on any atom is -0.461 e. The van der Waals surface area contributed by atoms with Crippen molar-refractivity contribution in [2.45, 2.75) is 57.4 Å². The molecule has 30 heavy (non-hydrogen) atoms. The summed E-state index contributed by atoms with van der Waals surface area (Å²) in [6.07, 6.45) is 4.46. The molecule has 2 rings (SSSR count). The lowest BCUT2D eigenvalue weighted by molar-refractivity contribution is -0.151.